The largest absolute Gasteiger partial charge is 0.508 e. The average molecular weight is 266 g/mol. The maximum atomic E-state index is 11.2. The highest BCUT2D eigenvalue weighted by Gasteiger charge is 2.19. The molecule has 0 atom stereocenters. The smallest absolute Gasteiger partial charge is 0.233 e. The molecule has 0 aromatic heterocycles. The maximum absolute atomic E-state index is 11.2. The van der Waals surface area contributed by atoms with Gasteiger partial charge in [-0.1, -0.05) is 48.5 Å². The van der Waals surface area contributed by atoms with Crippen LogP contribution in [0.25, 0.3) is 6.08 Å². The number of hydrogen-bond acceptors (Lipinski definition) is 3. The molecule has 2 aromatic carbocycles. The van der Waals surface area contributed by atoms with Crippen LogP contribution in [0.5, 0.6) is 5.75 Å². The number of phenols is 1. The van der Waals surface area contributed by atoms with Crippen LogP contribution in [0.2, 0.25) is 0 Å². The lowest BCUT2D eigenvalue weighted by Gasteiger charge is -2.06. The molecule has 1 N–H and O–H groups in total. The molecule has 1 aliphatic carbocycles. The summed E-state index contributed by atoms with van der Waals surface area (Å²) in [6.07, 6.45) is 2.98. The van der Waals surface area contributed by atoms with E-state index in [1.54, 1.807) is 24.3 Å². The van der Waals surface area contributed by atoms with Gasteiger partial charge in [-0.05, 0) is 30.2 Å². The highest BCUT2D eigenvalue weighted by atomic mass is 16.3. The first-order chi connectivity index (χ1) is 9.59. The Hall–Kier alpha value is -2.68. The number of phenolic OH excluding ortho intramolecular Hbond substituents is 1. The monoisotopic (exact) mass is 266 g/mol. The van der Waals surface area contributed by atoms with E-state index >= 15 is 0 Å². The van der Waals surface area contributed by atoms with Crippen LogP contribution in [0.1, 0.15) is 21.5 Å². The van der Waals surface area contributed by atoms with Crippen molar-refractivity contribution in [2.45, 2.75) is 6.92 Å². The fourth-order valence-electron chi connectivity index (χ4n) is 1.79. The first kappa shape index (κ1) is 13.7. The normalized spacial score (nSPS) is 12.4. The van der Waals surface area contributed by atoms with Gasteiger partial charge >= 0.3 is 0 Å². The zero-order chi connectivity index (χ0) is 14.5. The molecule has 0 saturated heterocycles. The van der Waals surface area contributed by atoms with Gasteiger partial charge in [-0.15, -0.1) is 0 Å². The first-order valence-corrected chi connectivity index (χ1v) is 6.20. The van der Waals surface area contributed by atoms with Crippen LogP contribution >= 0.6 is 0 Å². The predicted molar refractivity (Wildman–Crippen MR) is 77.7 cm³/mol. The third kappa shape index (κ3) is 3.01. The number of rotatable bonds is 0. The second-order valence-electron chi connectivity index (χ2n) is 4.40. The summed E-state index contributed by atoms with van der Waals surface area (Å²) in [5, 5.41) is 8.92. The van der Waals surface area contributed by atoms with E-state index in [9.17, 15) is 9.59 Å². The van der Waals surface area contributed by atoms with Gasteiger partial charge in [0.25, 0.3) is 0 Å². The van der Waals surface area contributed by atoms with Crippen molar-refractivity contribution in [1.29, 1.82) is 0 Å². The molecule has 0 bridgehead atoms. The summed E-state index contributed by atoms with van der Waals surface area (Å²) >= 11 is 0. The van der Waals surface area contributed by atoms with Gasteiger partial charge in [-0.3, -0.25) is 9.59 Å². The Kier molecular flexibility index (Phi) is 4.11. The van der Waals surface area contributed by atoms with Crippen molar-refractivity contribution in [3.8, 4) is 5.75 Å². The molecular weight excluding hydrogens is 252 g/mol. The van der Waals surface area contributed by atoms with E-state index in [0.29, 0.717) is 11.3 Å². The molecule has 0 heterocycles. The van der Waals surface area contributed by atoms with Crippen LogP contribution in [0.15, 0.2) is 54.6 Å². The Morgan fingerprint density at radius 3 is 2.15 bits per heavy atom. The molecule has 0 saturated carbocycles. The zero-order valence-corrected chi connectivity index (χ0v) is 11.0. The summed E-state index contributed by atoms with van der Waals surface area (Å²) in [6, 6.07) is 14.3. The fourth-order valence-corrected chi connectivity index (χ4v) is 1.79. The van der Waals surface area contributed by atoms with E-state index in [-0.39, 0.29) is 0 Å². The molecular formula is C17H14O3. The number of ketones is 2. The molecule has 3 nitrogen and oxygen atoms in total. The molecule has 3 heteroatoms. The second kappa shape index (κ2) is 5.97. The number of para-hydroxylation sites is 1. The third-order valence-electron chi connectivity index (χ3n) is 2.96. The van der Waals surface area contributed by atoms with E-state index in [2.05, 4.69) is 0 Å². The number of Topliss-reactive ketones (excluding diaryl/α,β-unsaturated/α-hetero) is 1. The van der Waals surface area contributed by atoms with Crippen LogP contribution < -0.4 is 0 Å². The lowest BCUT2D eigenvalue weighted by atomic mass is 9.96. The van der Waals surface area contributed by atoms with Crippen molar-refractivity contribution in [2.75, 3.05) is 0 Å². The SMILES string of the molecule is Cc1ccccc1O.O=C1C=Cc2ccccc2C1=O. The predicted octanol–water partition coefficient (Wildman–Crippen LogP) is 3.17. The Morgan fingerprint density at radius 2 is 1.50 bits per heavy atom. The standard InChI is InChI=1S/C10H6O2.C7H8O/c11-9-6-5-7-3-1-2-4-8(7)10(9)12;1-6-4-2-3-5-7(6)8/h1-6H;2-5,8H,1H3. The van der Waals surface area contributed by atoms with Crippen LogP contribution in [-0.2, 0) is 4.79 Å². The van der Waals surface area contributed by atoms with E-state index in [0.717, 1.165) is 11.1 Å². The van der Waals surface area contributed by atoms with Gasteiger partial charge in [0, 0.05) is 5.56 Å². The Labute approximate surface area is 117 Å². The molecule has 0 unspecified atom stereocenters. The van der Waals surface area contributed by atoms with Gasteiger partial charge in [-0.25, -0.2) is 0 Å². The molecule has 20 heavy (non-hydrogen) atoms. The van der Waals surface area contributed by atoms with Crippen molar-refractivity contribution in [3.63, 3.8) is 0 Å². The molecule has 0 aliphatic heterocycles. The minimum atomic E-state index is -0.436. The van der Waals surface area contributed by atoms with Gasteiger partial charge < -0.3 is 5.11 Å². The van der Waals surface area contributed by atoms with Gasteiger partial charge in [0.15, 0.2) is 0 Å². The number of aromatic hydroxyl groups is 1. The van der Waals surface area contributed by atoms with Crippen LogP contribution in [-0.4, -0.2) is 16.7 Å². The van der Waals surface area contributed by atoms with Crippen molar-refractivity contribution in [3.05, 3.63) is 71.3 Å². The topological polar surface area (TPSA) is 54.4 Å². The van der Waals surface area contributed by atoms with Crippen LogP contribution in [0.4, 0.5) is 0 Å². The van der Waals surface area contributed by atoms with E-state index in [1.807, 2.05) is 37.3 Å². The lowest BCUT2D eigenvalue weighted by molar-refractivity contribution is -0.110. The van der Waals surface area contributed by atoms with E-state index in [1.165, 1.54) is 6.08 Å². The number of allylic oxidation sites excluding steroid dienone is 1. The van der Waals surface area contributed by atoms with Gasteiger partial charge in [0.2, 0.25) is 11.6 Å². The minimum Gasteiger partial charge on any atom is -0.508 e. The molecule has 0 radical (unpaired) electrons. The number of benzene rings is 2. The zero-order valence-electron chi connectivity index (χ0n) is 11.0. The van der Waals surface area contributed by atoms with Crippen LogP contribution in [0.3, 0.4) is 0 Å². The molecule has 100 valence electrons. The summed E-state index contributed by atoms with van der Waals surface area (Å²) in [7, 11) is 0. The summed E-state index contributed by atoms with van der Waals surface area (Å²) in [4.78, 5) is 22.1. The highest BCUT2D eigenvalue weighted by Crippen LogP contribution is 2.16. The quantitative estimate of drug-likeness (QED) is 0.745. The number of carbonyl (C=O) groups is 2. The summed E-state index contributed by atoms with van der Waals surface area (Å²) in [6.45, 7) is 1.87. The summed E-state index contributed by atoms with van der Waals surface area (Å²) in [5.74, 6) is -0.477. The minimum absolute atomic E-state index is 0.368. The second-order valence-corrected chi connectivity index (χ2v) is 4.40. The number of aryl methyl sites for hydroxylation is 1. The average Bonchev–Trinajstić information content (AvgIpc) is 2.47. The van der Waals surface area contributed by atoms with Crippen molar-refractivity contribution < 1.29 is 14.7 Å². The lowest BCUT2D eigenvalue weighted by Crippen LogP contribution is -2.15. The fraction of sp³-hybridized carbons (Fsp3) is 0.0588. The summed E-state index contributed by atoms with van der Waals surface area (Å²) < 4.78 is 0. The maximum Gasteiger partial charge on any atom is 0.233 e. The van der Waals surface area contributed by atoms with Gasteiger partial charge in [0.1, 0.15) is 5.75 Å². The Balaban J connectivity index is 0.000000160. The van der Waals surface area contributed by atoms with Gasteiger partial charge in [-0.2, -0.15) is 0 Å². The molecule has 2 aromatic rings. The van der Waals surface area contributed by atoms with Crippen molar-refractivity contribution in [2.24, 2.45) is 0 Å². The number of fused-ring (bicyclic) bond motifs is 1. The van der Waals surface area contributed by atoms with Gasteiger partial charge in [0.05, 0.1) is 0 Å². The van der Waals surface area contributed by atoms with Crippen molar-refractivity contribution in [1.82, 2.24) is 0 Å². The highest BCUT2D eigenvalue weighted by molar-refractivity contribution is 6.49. The summed E-state index contributed by atoms with van der Waals surface area (Å²) in [5.41, 5.74) is 2.25. The Morgan fingerprint density at radius 1 is 0.850 bits per heavy atom. The molecule has 0 fully saturated rings. The van der Waals surface area contributed by atoms with Crippen molar-refractivity contribution >= 4 is 17.6 Å². The number of carbonyl (C=O) groups excluding carboxylic acids is 2. The molecule has 0 amide bonds. The van der Waals surface area contributed by atoms with Crippen LogP contribution in [0, 0.1) is 6.92 Å². The molecule has 1 aliphatic rings. The van der Waals surface area contributed by atoms with E-state index in [4.69, 9.17) is 5.11 Å². The molecule has 0 spiro atoms. The van der Waals surface area contributed by atoms with E-state index < -0.39 is 11.6 Å². The molecule has 3 rings (SSSR count). The number of hydrogen-bond donors (Lipinski definition) is 1. The Bertz CT molecular complexity index is 663. The first-order valence-electron chi connectivity index (χ1n) is 6.20. The third-order valence-corrected chi connectivity index (χ3v) is 2.96.